The highest BCUT2D eigenvalue weighted by Crippen LogP contribution is 2.21. The maximum absolute atomic E-state index is 12.4. The van der Waals surface area contributed by atoms with Gasteiger partial charge in [-0.25, -0.2) is 0 Å². The van der Waals surface area contributed by atoms with Crippen LogP contribution >= 0.6 is 39.7 Å². The minimum atomic E-state index is 0. The predicted octanol–water partition coefficient (Wildman–Crippen LogP) is 3.58. The third kappa shape index (κ3) is 5.43. The van der Waals surface area contributed by atoms with E-state index in [0.29, 0.717) is 19.6 Å². The SMILES string of the molecule is Cl.NCCN(CCc1ccccc1)C(=O)c1csc(Br)c1. The number of carbonyl (C=O) groups excluding carboxylic acids is 1. The van der Waals surface area contributed by atoms with Crippen LogP contribution in [0.4, 0.5) is 0 Å². The second-order valence-corrected chi connectivity index (χ2v) is 6.75. The summed E-state index contributed by atoms with van der Waals surface area (Å²) in [5.41, 5.74) is 7.57. The smallest absolute Gasteiger partial charge is 0.254 e. The summed E-state index contributed by atoms with van der Waals surface area (Å²) in [5, 5.41) is 1.87. The van der Waals surface area contributed by atoms with Gasteiger partial charge >= 0.3 is 0 Å². The van der Waals surface area contributed by atoms with E-state index in [1.54, 1.807) is 0 Å². The first-order valence-electron chi connectivity index (χ1n) is 6.48. The van der Waals surface area contributed by atoms with Gasteiger partial charge in [0.2, 0.25) is 0 Å². The number of rotatable bonds is 6. The molecule has 3 nitrogen and oxygen atoms in total. The van der Waals surface area contributed by atoms with Gasteiger partial charge in [-0.2, -0.15) is 0 Å². The Kier molecular flexibility index (Phi) is 7.96. The first-order valence-corrected chi connectivity index (χ1v) is 8.15. The third-order valence-corrected chi connectivity index (χ3v) is 4.52. The van der Waals surface area contributed by atoms with Crippen molar-refractivity contribution in [2.24, 2.45) is 5.73 Å². The number of benzene rings is 1. The molecule has 0 fully saturated rings. The Morgan fingerprint density at radius 2 is 1.95 bits per heavy atom. The van der Waals surface area contributed by atoms with Crippen LogP contribution in [-0.2, 0) is 6.42 Å². The molecular formula is C15H18BrClN2OS. The van der Waals surface area contributed by atoms with Crippen LogP contribution in [0.5, 0.6) is 0 Å². The Morgan fingerprint density at radius 3 is 2.52 bits per heavy atom. The zero-order chi connectivity index (χ0) is 14.4. The molecule has 0 aliphatic carbocycles. The first kappa shape index (κ1) is 18.2. The van der Waals surface area contributed by atoms with E-state index in [-0.39, 0.29) is 18.3 Å². The molecule has 21 heavy (non-hydrogen) atoms. The fourth-order valence-corrected chi connectivity index (χ4v) is 3.11. The molecule has 0 spiro atoms. The second-order valence-electron chi connectivity index (χ2n) is 4.46. The average molecular weight is 390 g/mol. The average Bonchev–Trinajstić information content (AvgIpc) is 2.90. The lowest BCUT2D eigenvalue weighted by Crippen LogP contribution is -2.36. The van der Waals surface area contributed by atoms with Gasteiger partial charge < -0.3 is 10.6 Å². The summed E-state index contributed by atoms with van der Waals surface area (Å²) in [6, 6.07) is 12.0. The molecule has 0 saturated heterocycles. The molecule has 6 heteroatoms. The fourth-order valence-electron chi connectivity index (χ4n) is 1.98. The molecule has 0 unspecified atom stereocenters. The van der Waals surface area contributed by atoms with Gasteiger partial charge in [0.05, 0.1) is 9.35 Å². The molecule has 2 aromatic rings. The van der Waals surface area contributed by atoms with Crippen molar-refractivity contribution < 1.29 is 4.79 Å². The first-order chi connectivity index (χ1) is 9.70. The molecule has 1 aromatic heterocycles. The van der Waals surface area contributed by atoms with Gasteiger partial charge in [0.1, 0.15) is 0 Å². The molecule has 0 aliphatic rings. The molecule has 114 valence electrons. The van der Waals surface area contributed by atoms with Crippen molar-refractivity contribution in [3.05, 3.63) is 56.7 Å². The highest BCUT2D eigenvalue weighted by molar-refractivity contribution is 9.11. The second kappa shape index (κ2) is 9.20. The molecule has 0 radical (unpaired) electrons. The van der Waals surface area contributed by atoms with Gasteiger partial charge in [-0.1, -0.05) is 30.3 Å². The minimum Gasteiger partial charge on any atom is -0.337 e. The van der Waals surface area contributed by atoms with E-state index >= 15 is 0 Å². The molecule has 0 saturated carbocycles. The number of hydrogen-bond acceptors (Lipinski definition) is 3. The van der Waals surface area contributed by atoms with Crippen molar-refractivity contribution in [3.63, 3.8) is 0 Å². The van der Waals surface area contributed by atoms with Crippen LogP contribution in [0.1, 0.15) is 15.9 Å². The summed E-state index contributed by atoms with van der Waals surface area (Å²) in [5.74, 6) is 0.0494. The van der Waals surface area contributed by atoms with Crippen LogP contribution in [0.25, 0.3) is 0 Å². The molecule has 1 heterocycles. The summed E-state index contributed by atoms with van der Waals surface area (Å²) in [6.07, 6.45) is 0.845. The van der Waals surface area contributed by atoms with Crippen LogP contribution in [-0.4, -0.2) is 30.4 Å². The quantitative estimate of drug-likeness (QED) is 0.821. The Bertz CT molecular complexity index is 562. The third-order valence-electron chi connectivity index (χ3n) is 3.01. The van der Waals surface area contributed by atoms with E-state index < -0.39 is 0 Å². The summed E-state index contributed by atoms with van der Waals surface area (Å²) in [7, 11) is 0. The summed E-state index contributed by atoms with van der Waals surface area (Å²) < 4.78 is 0.969. The predicted molar refractivity (Wildman–Crippen MR) is 94.4 cm³/mol. The van der Waals surface area contributed by atoms with Crippen molar-refractivity contribution in [3.8, 4) is 0 Å². The van der Waals surface area contributed by atoms with E-state index in [1.165, 1.54) is 16.9 Å². The highest BCUT2D eigenvalue weighted by Gasteiger charge is 2.16. The highest BCUT2D eigenvalue weighted by atomic mass is 79.9. The number of thiophene rings is 1. The molecule has 2 N–H and O–H groups in total. The Hall–Kier alpha value is -0.880. The van der Waals surface area contributed by atoms with Gasteiger partial charge in [0.25, 0.3) is 5.91 Å². The number of halogens is 2. The lowest BCUT2D eigenvalue weighted by atomic mass is 10.1. The van der Waals surface area contributed by atoms with Crippen LogP contribution in [0.2, 0.25) is 0 Å². The minimum absolute atomic E-state index is 0. The molecule has 1 aromatic carbocycles. The van der Waals surface area contributed by atoms with Crippen LogP contribution in [0, 0.1) is 0 Å². The Labute approximate surface area is 143 Å². The van der Waals surface area contributed by atoms with Crippen LogP contribution in [0.3, 0.4) is 0 Å². The van der Waals surface area contributed by atoms with E-state index in [9.17, 15) is 4.79 Å². The van der Waals surface area contributed by atoms with E-state index in [1.807, 2.05) is 34.5 Å². The van der Waals surface area contributed by atoms with Crippen molar-refractivity contribution in [1.29, 1.82) is 0 Å². The Balaban J connectivity index is 0.00000220. The fraction of sp³-hybridized carbons (Fsp3) is 0.267. The summed E-state index contributed by atoms with van der Waals surface area (Å²) in [6.45, 7) is 1.75. The lowest BCUT2D eigenvalue weighted by molar-refractivity contribution is 0.0762. The standard InChI is InChI=1S/C15H17BrN2OS.ClH/c16-14-10-13(11-20-14)15(19)18(9-7-17)8-6-12-4-2-1-3-5-12;/h1-5,10-11H,6-9,17H2;1H. The Morgan fingerprint density at radius 1 is 1.24 bits per heavy atom. The van der Waals surface area contributed by atoms with E-state index in [0.717, 1.165) is 15.8 Å². The normalized spacial score (nSPS) is 10.0. The van der Waals surface area contributed by atoms with Crippen LogP contribution in [0.15, 0.2) is 45.6 Å². The van der Waals surface area contributed by atoms with Crippen LogP contribution < -0.4 is 5.73 Å². The summed E-state index contributed by atoms with van der Waals surface area (Å²) >= 11 is 4.91. The van der Waals surface area contributed by atoms with Crippen molar-refractivity contribution >= 4 is 45.6 Å². The maximum atomic E-state index is 12.4. The molecule has 0 aliphatic heterocycles. The number of amides is 1. The van der Waals surface area contributed by atoms with Gasteiger partial charge in [0.15, 0.2) is 0 Å². The van der Waals surface area contributed by atoms with E-state index in [4.69, 9.17) is 5.73 Å². The zero-order valence-electron chi connectivity index (χ0n) is 11.5. The molecule has 0 bridgehead atoms. The molecule has 0 atom stereocenters. The largest absolute Gasteiger partial charge is 0.337 e. The zero-order valence-corrected chi connectivity index (χ0v) is 14.7. The van der Waals surface area contributed by atoms with Crippen molar-refractivity contribution in [2.75, 3.05) is 19.6 Å². The maximum Gasteiger partial charge on any atom is 0.254 e. The van der Waals surface area contributed by atoms with Gasteiger partial charge in [-0.3, -0.25) is 4.79 Å². The summed E-state index contributed by atoms with van der Waals surface area (Å²) in [4.78, 5) is 14.2. The van der Waals surface area contributed by atoms with Gasteiger partial charge in [0, 0.05) is 25.0 Å². The number of nitrogens with two attached hydrogens (primary N) is 1. The number of hydrogen-bond donors (Lipinski definition) is 1. The van der Waals surface area contributed by atoms with E-state index in [2.05, 4.69) is 28.1 Å². The number of carbonyl (C=O) groups is 1. The molecule has 2 rings (SSSR count). The topological polar surface area (TPSA) is 46.3 Å². The van der Waals surface area contributed by atoms with Gasteiger partial charge in [-0.15, -0.1) is 23.7 Å². The monoisotopic (exact) mass is 388 g/mol. The molecule has 1 amide bonds. The lowest BCUT2D eigenvalue weighted by Gasteiger charge is -2.21. The van der Waals surface area contributed by atoms with Crippen molar-refractivity contribution in [1.82, 2.24) is 4.90 Å². The van der Waals surface area contributed by atoms with Crippen molar-refractivity contribution in [2.45, 2.75) is 6.42 Å². The number of nitrogens with zero attached hydrogens (tertiary/aromatic N) is 1. The van der Waals surface area contributed by atoms with Gasteiger partial charge in [-0.05, 0) is 34.0 Å². The molecular weight excluding hydrogens is 372 g/mol.